The predicted octanol–water partition coefficient (Wildman–Crippen LogP) is 3.00. The number of benzene rings is 1. The molecule has 1 rings (SSSR count). The van der Waals surface area contributed by atoms with Crippen molar-refractivity contribution < 1.29 is 4.74 Å². The van der Waals surface area contributed by atoms with Crippen molar-refractivity contribution in [1.82, 2.24) is 0 Å². The molecule has 2 heteroatoms. The number of rotatable bonds is 5. The van der Waals surface area contributed by atoms with Crippen LogP contribution in [0, 0.1) is 5.41 Å². The Morgan fingerprint density at radius 3 is 2.25 bits per heavy atom. The molecular formula is C14H23NO. The molecule has 0 spiro atoms. The van der Waals surface area contributed by atoms with Gasteiger partial charge in [0.2, 0.25) is 0 Å². The zero-order chi connectivity index (χ0) is 12.0. The van der Waals surface area contributed by atoms with E-state index in [2.05, 4.69) is 32.9 Å². The molecule has 16 heavy (non-hydrogen) atoms. The molecule has 90 valence electrons. The summed E-state index contributed by atoms with van der Waals surface area (Å²) in [6, 6.07) is 8.36. The van der Waals surface area contributed by atoms with Crippen LogP contribution in [0.25, 0.3) is 0 Å². The van der Waals surface area contributed by atoms with Crippen molar-refractivity contribution in [1.29, 1.82) is 0 Å². The van der Waals surface area contributed by atoms with E-state index in [4.69, 9.17) is 10.5 Å². The van der Waals surface area contributed by atoms with Crippen molar-refractivity contribution in [3.63, 3.8) is 0 Å². The molecule has 0 aromatic heterocycles. The normalized spacial score (nSPS) is 11.5. The second-order valence-corrected chi connectivity index (χ2v) is 5.37. The van der Waals surface area contributed by atoms with E-state index in [1.807, 2.05) is 12.1 Å². The predicted molar refractivity (Wildman–Crippen MR) is 68.8 cm³/mol. The highest BCUT2D eigenvalue weighted by Gasteiger charge is 2.10. The number of hydrogen-bond donors (Lipinski definition) is 1. The van der Waals surface area contributed by atoms with Gasteiger partial charge in [0.05, 0.1) is 6.61 Å². The first-order chi connectivity index (χ1) is 7.51. The molecule has 0 radical (unpaired) electrons. The van der Waals surface area contributed by atoms with Crippen LogP contribution in [0.1, 0.15) is 32.8 Å². The van der Waals surface area contributed by atoms with Crippen molar-refractivity contribution in [2.24, 2.45) is 11.1 Å². The average Bonchev–Trinajstić information content (AvgIpc) is 2.19. The van der Waals surface area contributed by atoms with Crippen LogP contribution in [0.3, 0.4) is 0 Å². The fourth-order valence-corrected chi connectivity index (χ4v) is 1.59. The summed E-state index contributed by atoms with van der Waals surface area (Å²) in [5.74, 6) is 0.936. The smallest absolute Gasteiger partial charge is 0.119 e. The van der Waals surface area contributed by atoms with Gasteiger partial charge in [0, 0.05) is 0 Å². The van der Waals surface area contributed by atoms with Crippen LogP contribution >= 0.6 is 0 Å². The van der Waals surface area contributed by atoms with E-state index in [1.165, 1.54) is 5.56 Å². The van der Waals surface area contributed by atoms with Gasteiger partial charge in [-0.25, -0.2) is 0 Å². The third-order valence-electron chi connectivity index (χ3n) is 2.27. The summed E-state index contributed by atoms with van der Waals surface area (Å²) in [7, 11) is 0. The summed E-state index contributed by atoms with van der Waals surface area (Å²) in [6.07, 6.45) is 2.00. The van der Waals surface area contributed by atoms with Gasteiger partial charge in [0.1, 0.15) is 5.75 Å². The summed E-state index contributed by atoms with van der Waals surface area (Å²) in [5, 5.41) is 0. The first-order valence-corrected chi connectivity index (χ1v) is 5.93. The fourth-order valence-electron chi connectivity index (χ4n) is 1.59. The lowest BCUT2D eigenvalue weighted by Crippen LogP contribution is -2.09. The Bertz CT molecular complexity index is 298. The maximum absolute atomic E-state index is 5.55. The Morgan fingerprint density at radius 2 is 1.75 bits per heavy atom. The lowest BCUT2D eigenvalue weighted by Gasteiger charge is -2.18. The van der Waals surface area contributed by atoms with Crippen LogP contribution in [-0.2, 0) is 6.42 Å². The van der Waals surface area contributed by atoms with Crippen molar-refractivity contribution in [3.05, 3.63) is 29.8 Å². The van der Waals surface area contributed by atoms with Gasteiger partial charge in [-0.1, -0.05) is 32.9 Å². The molecule has 0 aliphatic carbocycles. The number of hydrogen-bond acceptors (Lipinski definition) is 2. The van der Waals surface area contributed by atoms with Crippen molar-refractivity contribution in [2.75, 3.05) is 13.2 Å². The Morgan fingerprint density at radius 1 is 1.12 bits per heavy atom. The summed E-state index contributed by atoms with van der Waals surface area (Å²) >= 11 is 0. The molecule has 0 saturated carbocycles. The monoisotopic (exact) mass is 221 g/mol. The van der Waals surface area contributed by atoms with E-state index in [0.29, 0.717) is 18.6 Å². The zero-order valence-electron chi connectivity index (χ0n) is 10.6. The van der Waals surface area contributed by atoms with E-state index >= 15 is 0 Å². The second kappa shape index (κ2) is 5.90. The SMILES string of the molecule is CC(C)(C)Cc1ccc(OCCCN)cc1. The molecule has 0 amide bonds. The van der Waals surface area contributed by atoms with Crippen LogP contribution in [0.2, 0.25) is 0 Å². The minimum atomic E-state index is 0.335. The molecule has 0 heterocycles. The van der Waals surface area contributed by atoms with Crippen molar-refractivity contribution >= 4 is 0 Å². The molecule has 1 aromatic rings. The second-order valence-electron chi connectivity index (χ2n) is 5.37. The van der Waals surface area contributed by atoms with Gasteiger partial charge in [-0.15, -0.1) is 0 Å². The largest absolute Gasteiger partial charge is 0.494 e. The molecule has 1 aromatic carbocycles. The van der Waals surface area contributed by atoms with Crippen LogP contribution < -0.4 is 10.5 Å². The van der Waals surface area contributed by atoms with E-state index in [1.54, 1.807) is 0 Å². The third-order valence-corrected chi connectivity index (χ3v) is 2.27. The first-order valence-electron chi connectivity index (χ1n) is 5.93. The molecule has 0 unspecified atom stereocenters. The Kier molecular flexibility index (Phi) is 4.81. The number of ether oxygens (including phenoxy) is 1. The van der Waals surface area contributed by atoms with Gasteiger partial charge in [-0.3, -0.25) is 0 Å². The van der Waals surface area contributed by atoms with Gasteiger partial charge in [0.25, 0.3) is 0 Å². The third kappa shape index (κ3) is 5.17. The van der Waals surface area contributed by atoms with Gasteiger partial charge in [-0.2, -0.15) is 0 Å². The minimum absolute atomic E-state index is 0.335. The van der Waals surface area contributed by atoms with Crippen LogP contribution in [0.4, 0.5) is 0 Å². The molecule has 0 aliphatic heterocycles. The summed E-state index contributed by atoms with van der Waals surface area (Å²) in [5.41, 5.74) is 7.10. The Balaban J connectivity index is 2.48. The highest BCUT2D eigenvalue weighted by atomic mass is 16.5. The molecule has 0 bridgehead atoms. The van der Waals surface area contributed by atoms with E-state index < -0.39 is 0 Å². The highest BCUT2D eigenvalue weighted by Crippen LogP contribution is 2.22. The standard InChI is InChI=1S/C14H23NO/c1-14(2,3)11-12-5-7-13(8-6-12)16-10-4-9-15/h5-8H,4,9-11,15H2,1-3H3. The van der Waals surface area contributed by atoms with E-state index in [9.17, 15) is 0 Å². The molecule has 2 nitrogen and oxygen atoms in total. The highest BCUT2D eigenvalue weighted by molar-refractivity contribution is 5.27. The molecule has 0 fully saturated rings. The van der Waals surface area contributed by atoms with Gasteiger partial charge < -0.3 is 10.5 Å². The average molecular weight is 221 g/mol. The van der Waals surface area contributed by atoms with Gasteiger partial charge in [-0.05, 0) is 42.5 Å². The van der Waals surface area contributed by atoms with Crippen LogP contribution in [0.5, 0.6) is 5.75 Å². The molecule has 0 aliphatic rings. The maximum Gasteiger partial charge on any atom is 0.119 e. The molecule has 2 N–H and O–H groups in total. The Labute approximate surface area is 98.8 Å². The lowest BCUT2D eigenvalue weighted by atomic mass is 9.88. The van der Waals surface area contributed by atoms with Crippen LogP contribution in [-0.4, -0.2) is 13.2 Å². The first kappa shape index (κ1) is 13.0. The summed E-state index contributed by atoms with van der Waals surface area (Å²) in [4.78, 5) is 0. The molecule has 0 saturated heterocycles. The fraction of sp³-hybridized carbons (Fsp3) is 0.571. The maximum atomic E-state index is 5.55. The lowest BCUT2D eigenvalue weighted by molar-refractivity contribution is 0.313. The number of nitrogens with two attached hydrogens (primary N) is 1. The molecular weight excluding hydrogens is 198 g/mol. The van der Waals surface area contributed by atoms with E-state index in [-0.39, 0.29) is 0 Å². The van der Waals surface area contributed by atoms with Crippen molar-refractivity contribution in [3.8, 4) is 5.75 Å². The Hall–Kier alpha value is -1.02. The van der Waals surface area contributed by atoms with Crippen LogP contribution in [0.15, 0.2) is 24.3 Å². The van der Waals surface area contributed by atoms with E-state index in [0.717, 1.165) is 18.6 Å². The summed E-state index contributed by atoms with van der Waals surface area (Å²) < 4.78 is 5.55. The van der Waals surface area contributed by atoms with Gasteiger partial charge >= 0.3 is 0 Å². The van der Waals surface area contributed by atoms with Gasteiger partial charge in [0.15, 0.2) is 0 Å². The topological polar surface area (TPSA) is 35.2 Å². The zero-order valence-corrected chi connectivity index (χ0v) is 10.6. The summed E-state index contributed by atoms with van der Waals surface area (Å²) in [6.45, 7) is 8.13. The quantitative estimate of drug-likeness (QED) is 0.776. The van der Waals surface area contributed by atoms with Crippen molar-refractivity contribution in [2.45, 2.75) is 33.6 Å². The minimum Gasteiger partial charge on any atom is -0.494 e. The molecule has 0 atom stereocenters.